The van der Waals surface area contributed by atoms with E-state index in [0.717, 1.165) is 0 Å². The van der Waals surface area contributed by atoms with Gasteiger partial charge in [-0.05, 0) is 0 Å². The standard InChI is InChI=1S/C10H15.3ClH.Zr/c1-6-7(2)9(4)10(5)8(6)3;;;;/h1-5H3;3*1H;/q-1;;;;+3/p-3. The minimum Gasteiger partial charge on any atom is -1.00 e. The largest absolute Gasteiger partial charge is 3.00 e. The summed E-state index contributed by atoms with van der Waals surface area (Å²) >= 11 is 0. The fraction of sp³-hybridized carbons (Fsp3) is 0.500. The third-order valence-corrected chi connectivity index (χ3v) is 2.81. The van der Waals surface area contributed by atoms with Crippen molar-refractivity contribution < 1.29 is 63.4 Å². The number of hydrogen-bond donors (Lipinski definition) is 0. The van der Waals surface area contributed by atoms with Crippen LogP contribution in [-0.2, 0) is 26.2 Å². The van der Waals surface area contributed by atoms with Crippen molar-refractivity contribution in [3.8, 4) is 0 Å². The summed E-state index contributed by atoms with van der Waals surface area (Å²) in [7, 11) is 0. The maximum Gasteiger partial charge on any atom is 3.00 e. The van der Waals surface area contributed by atoms with Crippen molar-refractivity contribution in [2.24, 2.45) is 0 Å². The molecule has 1 aromatic rings. The van der Waals surface area contributed by atoms with E-state index in [1.54, 1.807) is 0 Å². The van der Waals surface area contributed by atoms with Gasteiger partial charge in [0.2, 0.25) is 0 Å². The molecule has 0 aliphatic carbocycles. The van der Waals surface area contributed by atoms with Crippen LogP contribution in [0.2, 0.25) is 0 Å². The minimum atomic E-state index is 0. The van der Waals surface area contributed by atoms with Gasteiger partial charge in [-0.2, -0.15) is 27.8 Å². The molecule has 0 bridgehead atoms. The minimum absolute atomic E-state index is 0. The fourth-order valence-electron chi connectivity index (χ4n) is 1.41. The Morgan fingerprint density at radius 2 is 0.929 bits per heavy atom. The molecule has 81 valence electrons. The predicted molar refractivity (Wildman–Crippen MR) is 45.7 cm³/mol. The smallest absolute Gasteiger partial charge is 1.00 e. The van der Waals surface area contributed by atoms with Crippen LogP contribution in [0.5, 0.6) is 0 Å². The molecule has 0 N–H and O–H groups in total. The van der Waals surface area contributed by atoms with E-state index in [0.29, 0.717) is 0 Å². The first kappa shape index (κ1) is 24.4. The van der Waals surface area contributed by atoms with Gasteiger partial charge in [0, 0.05) is 0 Å². The maximum atomic E-state index is 2.20. The average molecular weight is 333 g/mol. The van der Waals surface area contributed by atoms with Gasteiger partial charge < -0.3 is 37.2 Å². The van der Waals surface area contributed by atoms with Crippen LogP contribution in [0.25, 0.3) is 0 Å². The van der Waals surface area contributed by atoms with Crippen molar-refractivity contribution in [1.29, 1.82) is 0 Å². The molecule has 0 unspecified atom stereocenters. The molecule has 1 radical (unpaired) electrons. The van der Waals surface area contributed by atoms with E-state index >= 15 is 0 Å². The number of halogens is 3. The molecule has 0 aromatic heterocycles. The van der Waals surface area contributed by atoms with E-state index in [9.17, 15) is 0 Å². The van der Waals surface area contributed by atoms with Gasteiger partial charge in [0.15, 0.2) is 0 Å². The van der Waals surface area contributed by atoms with Gasteiger partial charge in [-0.3, -0.25) is 0 Å². The van der Waals surface area contributed by atoms with E-state index in [4.69, 9.17) is 0 Å². The average Bonchev–Trinajstić information content (AvgIpc) is 2.07. The molecule has 1 aromatic carbocycles. The molecule has 0 saturated heterocycles. The zero-order chi connectivity index (χ0) is 7.89. The van der Waals surface area contributed by atoms with Crippen molar-refractivity contribution in [3.63, 3.8) is 0 Å². The Bertz CT molecular complexity index is 187. The van der Waals surface area contributed by atoms with Gasteiger partial charge in [0.05, 0.1) is 0 Å². The monoisotopic (exact) mass is 330 g/mol. The Kier molecular flexibility index (Phi) is 16.3. The van der Waals surface area contributed by atoms with Crippen LogP contribution in [0.1, 0.15) is 27.8 Å². The van der Waals surface area contributed by atoms with Crippen LogP contribution in [0.4, 0.5) is 0 Å². The molecule has 0 aliphatic rings. The molecule has 0 spiro atoms. The SMILES string of the molecule is Cc1c(C)c(C)[c-](C)c1C.[Cl-].[Cl-].[Cl-].[Zr+3]. The van der Waals surface area contributed by atoms with Gasteiger partial charge in [-0.25, -0.2) is 0 Å². The summed E-state index contributed by atoms with van der Waals surface area (Å²) in [5.41, 5.74) is 7.34. The molecule has 1 rings (SSSR count). The summed E-state index contributed by atoms with van der Waals surface area (Å²) in [5.74, 6) is 0. The van der Waals surface area contributed by atoms with Crippen molar-refractivity contribution in [1.82, 2.24) is 0 Å². The summed E-state index contributed by atoms with van der Waals surface area (Å²) in [4.78, 5) is 0. The quantitative estimate of drug-likeness (QED) is 0.415. The zero-order valence-corrected chi connectivity index (χ0v) is 13.9. The van der Waals surface area contributed by atoms with Crippen LogP contribution in [0.15, 0.2) is 0 Å². The molecule has 0 nitrogen and oxygen atoms in total. The van der Waals surface area contributed by atoms with Gasteiger partial charge in [0.1, 0.15) is 0 Å². The van der Waals surface area contributed by atoms with Crippen molar-refractivity contribution in [3.05, 3.63) is 27.8 Å². The molecule has 14 heavy (non-hydrogen) atoms. The summed E-state index contributed by atoms with van der Waals surface area (Å²) in [6.45, 7) is 11.0. The number of hydrogen-bond acceptors (Lipinski definition) is 0. The maximum absolute atomic E-state index is 2.20. The van der Waals surface area contributed by atoms with Crippen molar-refractivity contribution in [2.75, 3.05) is 0 Å². The third-order valence-electron chi connectivity index (χ3n) is 2.81. The van der Waals surface area contributed by atoms with Crippen LogP contribution < -0.4 is 37.2 Å². The van der Waals surface area contributed by atoms with E-state index in [2.05, 4.69) is 34.6 Å². The Hall–Kier alpha value is 1.10. The molecular formula is C10H15Cl3Zr-. The zero-order valence-electron chi connectivity index (χ0n) is 9.13. The fourth-order valence-corrected chi connectivity index (χ4v) is 1.41. The molecule has 0 amide bonds. The van der Waals surface area contributed by atoms with E-state index in [1.165, 1.54) is 27.8 Å². The Morgan fingerprint density at radius 3 is 1.00 bits per heavy atom. The first-order chi connectivity index (χ1) is 4.55. The molecule has 0 atom stereocenters. The van der Waals surface area contributed by atoms with Crippen molar-refractivity contribution in [2.45, 2.75) is 34.6 Å². The summed E-state index contributed by atoms with van der Waals surface area (Å²) in [5, 5.41) is 0. The first-order valence-corrected chi connectivity index (χ1v) is 3.75. The molecule has 4 heteroatoms. The molecule has 0 heterocycles. The summed E-state index contributed by atoms with van der Waals surface area (Å²) in [6.07, 6.45) is 0. The number of rotatable bonds is 0. The Balaban J connectivity index is -0.000000125. The van der Waals surface area contributed by atoms with Gasteiger partial charge in [0.25, 0.3) is 0 Å². The summed E-state index contributed by atoms with van der Waals surface area (Å²) in [6, 6.07) is 0. The van der Waals surface area contributed by atoms with Gasteiger partial charge >= 0.3 is 26.2 Å². The Morgan fingerprint density at radius 1 is 0.714 bits per heavy atom. The van der Waals surface area contributed by atoms with E-state index in [-0.39, 0.29) is 63.4 Å². The second-order valence-electron chi connectivity index (χ2n) is 3.12. The second kappa shape index (κ2) is 9.34. The molecular weight excluding hydrogens is 318 g/mol. The van der Waals surface area contributed by atoms with E-state index < -0.39 is 0 Å². The van der Waals surface area contributed by atoms with Crippen molar-refractivity contribution >= 4 is 0 Å². The van der Waals surface area contributed by atoms with Crippen LogP contribution in [-0.4, -0.2) is 0 Å². The third kappa shape index (κ3) is 4.31. The van der Waals surface area contributed by atoms with Crippen LogP contribution >= 0.6 is 0 Å². The van der Waals surface area contributed by atoms with Gasteiger partial charge in [-0.15, -0.1) is 0 Å². The van der Waals surface area contributed by atoms with Gasteiger partial charge in [-0.1, -0.05) is 34.6 Å². The normalized spacial score (nSPS) is 7.50. The Labute approximate surface area is 125 Å². The van der Waals surface area contributed by atoms with E-state index in [1.807, 2.05) is 0 Å². The van der Waals surface area contributed by atoms with Crippen LogP contribution in [0, 0.1) is 34.6 Å². The first-order valence-electron chi connectivity index (χ1n) is 3.75. The summed E-state index contributed by atoms with van der Waals surface area (Å²) < 4.78 is 0. The van der Waals surface area contributed by atoms with Crippen LogP contribution in [0.3, 0.4) is 0 Å². The second-order valence-corrected chi connectivity index (χ2v) is 3.12. The molecule has 0 fully saturated rings. The predicted octanol–water partition coefficient (Wildman–Crippen LogP) is -6.04. The molecule has 0 aliphatic heterocycles. The molecule has 0 saturated carbocycles. The topological polar surface area (TPSA) is 0 Å².